The molecule has 3 aromatic rings. The lowest BCUT2D eigenvalue weighted by atomic mass is 10.2. The van der Waals surface area contributed by atoms with Crippen molar-refractivity contribution in [1.82, 2.24) is 30.0 Å². The van der Waals surface area contributed by atoms with Crippen LogP contribution in [0.3, 0.4) is 0 Å². The first-order chi connectivity index (χ1) is 12.2. The van der Waals surface area contributed by atoms with Gasteiger partial charge in [-0.05, 0) is 31.9 Å². The van der Waals surface area contributed by atoms with Gasteiger partial charge >= 0.3 is 0 Å². The number of aryl methyl sites for hydroxylation is 1. The Kier molecular flexibility index (Phi) is 4.19. The predicted molar refractivity (Wildman–Crippen MR) is 90.6 cm³/mol. The van der Waals surface area contributed by atoms with Gasteiger partial charge in [0.1, 0.15) is 24.9 Å². The molecule has 25 heavy (non-hydrogen) atoms. The van der Waals surface area contributed by atoms with Crippen LogP contribution in [0.25, 0.3) is 11.0 Å². The minimum absolute atomic E-state index is 0.0248. The lowest BCUT2D eigenvalue weighted by molar-refractivity contribution is -0.137. The fourth-order valence-corrected chi connectivity index (χ4v) is 3.23. The number of hydrogen-bond donors (Lipinski definition) is 2. The van der Waals surface area contributed by atoms with E-state index in [9.17, 15) is 4.79 Å². The molecule has 1 saturated heterocycles. The topological polar surface area (TPSA) is 99.8 Å². The molecule has 1 aromatic carbocycles. The molecule has 2 aromatic heterocycles. The van der Waals surface area contributed by atoms with Crippen LogP contribution < -0.4 is 0 Å². The first-order valence-electron chi connectivity index (χ1n) is 8.40. The summed E-state index contributed by atoms with van der Waals surface area (Å²) in [5.41, 5.74) is 1.86. The third-order valence-corrected chi connectivity index (χ3v) is 4.39. The van der Waals surface area contributed by atoms with Gasteiger partial charge in [0.15, 0.2) is 5.82 Å². The van der Waals surface area contributed by atoms with Gasteiger partial charge in [-0.25, -0.2) is 9.97 Å². The van der Waals surface area contributed by atoms with Crippen molar-refractivity contribution >= 4 is 16.9 Å². The second kappa shape index (κ2) is 6.64. The highest BCUT2D eigenvalue weighted by Crippen LogP contribution is 2.29. The number of nitrogens with one attached hydrogen (secondary N) is 2. The fraction of sp³-hybridized carbons (Fsp3) is 0.412. The van der Waals surface area contributed by atoms with Crippen molar-refractivity contribution in [3.05, 3.63) is 41.7 Å². The average Bonchev–Trinajstić information content (AvgIpc) is 3.32. The molecule has 1 aliphatic rings. The summed E-state index contributed by atoms with van der Waals surface area (Å²) < 4.78 is 5.58. The second-order valence-electron chi connectivity index (χ2n) is 6.22. The molecule has 0 saturated carbocycles. The summed E-state index contributed by atoms with van der Waals surface area (Å²) in [6, 6.07) is 7.73. The Morgan fingerprint density at radius 2 is 2.24 bits per heavy atom. The number of H-pyrrole nitrogens is 2. The van der Waals surface area contributed by atoms with E-state index in [0.29, 0.717) is 12.4 Å². The molecule has 1 aliphatic heterocycles. The zero-order valence-corrected chi connectivity index (χ0v) is 14.0. The van der Waals surface area contributed by atoms with Gasteiger partial charge in [-0.1, -0.05) is 12.1 Å². The van der Waals surface area contributed by atoms with Crippen molar-refractivity contribution in [2.75, 3.05) is 13.2 Å². The summed E-state index contributed by atoms with van der Waals surface area (Å²) in [7, 11) is 0. The number of likely N-dealkylation sites (tertiary alicyclic amines) is 1. The van der Waals surface area contributed by atoms with Crippen molar-refractivity contribution in [3.8, 4) is 0 Å². The highest BCUT2D eigenvalue weighted by Gasteiger charge is 2.32. The molecule has 3 heterocycles. The van der Waals surface area contributed by atoms with E-state index in [2.05, 4.69) is 25.1 Å². The first-order valence-corrected chi connectivity index (χ1v) is 8.40. The summed E-state index contributed by atoms with van der Waals surface area (Å²) >= 11 is 0. The molecule has 0 spiro atoms. The number of aromatic amines is 2. The molecular weight excluding hydrogens is 320 g/mol. The molecule has 4 rings (SSSR count). The number of ether oxygens (including phenoxy) is 1. The summed E-state index contributed by atoms with van der Waals surface area (Å²) in [6.45, 7) is 2.87. The minimum atomic E-state index is -0.0627. The van der Waals surface area contributed by atoms with Crippen molar-refractivity contribution in [2.24, 2.45) is 0 Å². The highest BCUT2D eigenvalue weighted by atomic mass is 16.5. The SMILES string of the molecule is Cc1nc([C@@H]2CCCN2C(=O)COCc2nc3ccccc3[nH]2)n[nH]1. The van der Waals surface area contributed by atoms with Crippen LogP contribution in [0.15, 0.2) is 24.3 Å². The Morgan fingerprint density at radius 3 is 3.04 bits per heavy atom. The number of rotatable bonds is 5. The van der Waals surface area contributed by atoms with Gasteiger partial charge in [-0.15, -0.1) is 0 Å². The van der Waals surface area contributed by atoms with Crippen LogP contribution >= 0.6 is 0 Å². The molecule has 1 fully saturated rings. The van der Waals surface area contributed by atoms with Gasteiger partial charge in [0.25, 0.3) is 0 Å². The summed E-state index contributed by atoms with van der Waals surface area (Å²) in [6.07, 6.45) is 1.83. The zero-order valence-electron chi connectivity index (χ0n) is 14.0. The van der Waals surface area contributed by atoms with E-state index in [1.807, 2.05) is 31.2 Å². The molecule has 0 radical (unpaired) electrons. The van der Waals surface area contributed by atoms with Gasteiger partial charge in [0, 0.05) is 6.54 Å². The number of nitrogens with zero attached hydrogens (tertiary/aromatic N) is 4. The Balaban J connectivity index is 1.35. The van der Waals surface area contributed by atoms with Crippen LogP contribution in [-0.4, -0.2) is 49.1 Å². The Bertz CT molecular complexity index is 853. The number of para-hydroxylation sites is 2. The summed E-state index contributed by atoms with van der Waals surface area (Å²) in [4.78, 5) is 26.3. The smallest absolute Gasteiger partial charge is 0.249 e. The maximum atomic E-state index is 12.5. The number of aromatic nitrogens is 5. The number of fused-ring (bicyclic) bond motifs is 1. The van der Waals surface area contributed by atoms with Gasteiger partial charge in [-0.3, -0.25) is 9.89 Å². The maximum Gasteiger partial charge on any atom is 0.249 e. The van der Waals surface area contributed by atoms with Crippen molar-refractivity contribution in [1.29, 1.82) is 0 Å². The Morgan fingerprint density at radius 1 is 1.36 bits per heavy atom. The number of hydrogen-bond acceptors (Lipinski definition) is 5. The average molecular weight is 340 g/mol. The molecule has 8 heteroatoms. The molecule has 1 atom stereocenters. The lowest BCUT2D eigenvalue weighted by Crippen LogP contribution is -2.34. The second-order valence-corrected chi connectivity index (χ2v) is 6.22. The van der Waals surface area contributed by atoms with E-state index < -0.39 is 0 Å². The van der Waals surface area contributed by atoms with Crippen LogP contribution in [0, 0.1) is 6.92 Å². The predicted octanol–water partition coefficient (Wildman–Crippen LogP) is 1.87. The van der Waals surface area contributed by atoms with E-state index >= 15 is 0 Å². The molecule has 0 unspecified atom stereocenters. The number of benzene rings is 1. The zero-order chi connectivity index (χ0) is 17.2. The van der Waals surface area contributed by atoms with Crippen molar-refractivity contribution in [2.45, 2.75) is 32.4 Å². The van der Waals surface area contributed by atoms with E-state index in [1.54, 1.807) is 4.90 Å². The number of carbonyl (C=O) groups excluding carboxylic acids is 1. The largest absolute Gasteiger partial charge is 0.364 e. The molecule has 0 bridgehead atoms. The highest BCUT2D eigenvalue weighted by molar-refractivity contribution is 5.78. The van der Waals surface area contributed by atoms with E-state index in [4.69, 9.17) is 4.74 Å². The molecule has 8 nitrogen and oxygen atoms in total. The van der Waals surface area contributed by atoms with Gasteiger partial charge in [0.2, 0.25) is 5.91 Å². The van der Waals surface area contributed by atoms with Crippen LogP contribution in [0.4, 0.5) is 0 Å². The van der Waals surface area contributed by atoms with Crippen LogP contribution in [0.1, 0.15) is 36.4 Å². The van der Waals surface area contributed by atoms with Gasteiger partial charge < -0.3 is 14.6 Å². The fourth-order valence-electron chi connectivity index (χ4n) is 3.23. The number of imidazole rings is 1. The lowest BCUT2D eigenvalue weighted by Gasteiger charge is -2.22. The van der Waals surface area contributed by atoms with Gasteiger partial charge in [0.05, 0.1) is 17.1 Å². The number of carbonyl (C=O) groups is 1. The first kappa shape index (κ1) is 15.8. The molecule has 0 aliphatic carbocycles. The Labute approximate surface area is 144 Å². The summed E-state index contributed by atoms with van der Waals surface area (Å²) in [5, 5.41) is 7.04. The van der Waals surface area contributed by atoms with Gasteiger partial charge in [-0.2, -0.15) is 5.10 Å². The van der Waals surface area contributed by atoms with E-state index in [1.165, 1.54) is 0 Å². The molecular formula is C17H20N6O2. The van der Waals surface area contributed by atoms with Crippen molar-refractivity contribution < 1.29 is 9.53 Å². The normalized spacial score (nSPS) is 17.5. The quantitative estimate of drug-likeness (QED) is 0.738. The standard InChI is InChI=1S/C17H20N6O2/c1-11-18-17(22-21-11)14-7-4-8-23(14)16(24)10-25-9-15-19-12-5-2-3-6-13(12)20-15/h2-3,5-6,14H,4,7-10H2,1H3,(H,19,20)(H,18,21,22)/t14-/m0/s1. The number of amides is 1. The van der Waals surface area contributed by atoms with Crippen LogP contribution in [-0.2, 0) is 16.1 Å². The molecule has 1 amide bonds. The van der Waals surface area contributed by atoms with Crippen LogP contribution in [0.5, 0.6) is 0 Å². The maximum absolute atomic E-state index is 12.5. The van der Waals surface area contributed by atoms with Crippen molar-refractivity contribution in [3.63, 3.8) is 0 Å². The minimum Gasteiger partial charge on any atom is -0.364 e. The van der Waals surface area contributed by atoms with Crippen LogP contribution in [0.2, 0.25) is 0 Å². The van der Waals surface area contributed by atoms with E-state index in [0.717, 1.165) is 35.5 Å². The van der Waals surface area contributed by atoms with E-state index in [-0.39, 0.29) is 25.2 Å². The molecule has 130 valence electrons. The third kappa shape index (κ3) is 3.25. The monoisotopic (exact) mass is 340 g/mol. The Hall–Kier alpha value is -2.74. The molecule has 2 N–H and O–H groups in total. The summed E-state index contributed by atoms with van der Waals surface area (Å²) in [5.74, 6) is 2.12. The third-order valence-electron chi connectivity index (χ3n) is 4.39.